The van der Waals surface area contributed by atoms with Gasteiger partial charge in [-0.2, -0.15) is 0 Å². The highest BCUT2D eigenvalue weighted by Gasteiger charge is 2.09. The van der Waals surface area contributed by atoms with Gasteiger partial charge in [-0.1, -0.05) is 13.0 Å². The van der Waals surface area contributed by atoms with Crippen LogP contribution in [-0.4, -0.2) is 17.6 Å². The highest BCUT2D eigenvalue weighted by Crippen LogP contribution is 2.12. The van der Waals surface area contributed by atoms with Gasteiger partial charge >= 0.3 is 5.97 Å². The minimum atomic E-state index is -0.775. The van der Waals surface area contributed by atoms with Crippen LogP contribution in [0, 0.1) is 9.49 Å². The fourth-order valence-electron chi connectivity index (χ4n) is 0.957. The monoisotopic (exact) mass is 305 g/mol. The van der Waals surface area contributed by atoms with E-state index in [0.717, 1.165) is 9.26 Å². The molecule has 0 spiro atoms. The number of anilines is 1. The maximum atomic E-state index is 10.5. The second-order valence-electron chi connectivity index (χ2n) is 3.13. The molecule has 4 heteroatoms. The Balaban J connectivity index is 2.49. The van der Waals surface area contributed by atoms with Crippen LogP contribution in [0.3, 0.4) is 0 Å². The molecular weight excluding hydrogens is 293 g/mol. The lowest BCUT2D eigenvalue weighted by atomic mass is 10.2. The van der Waals surface area contributed by atoms with E-state index < -0.39 is 5.97 Å². The average molecular weight is 305 g/mol. The van der Waals surface area contributed by atoms with Crippen molar-refractivity contribution >= 4 is 34.2 Å². The third-order valence-corrected chi connectivity index (χ3v) is 2.53. The molecule has 76 valence electrons. The molecule has 0 amide bonds. The first-order valence-electron chi connectivity index (χ1n) is 4.32. The van der Waals surface area contributed by atoms with Gasteiger partial charge in [-0.25, -0.2) is 0 Å². The van der Waals surface area contributed by atoms with Gasteiger partial charge in [0.2, 0.25) is 0 Å². The van der Waals surface area contributed by atoms with Gasteiger partial charge in [-0.05, 0) is 40.8 Å². The Morgan fingerprint density at radius 2 is 2.36 bits per heavy atom. The van der Waals surface area contributed by atoms with Gasteiger partial charge in [0.25, 0.3) is 0 Å². The topological polar surface area (TPSA) is 49.3 Å². The first-order valence-corrected chi connectivity index (χ1v) is 5.39. The summed E-state index contributed by atoms with van der Waals surface area (Å²) in [5, 5.41) is 11.8. The van der Waals surface area contributed by atoms with Crippen LogP contribution < -0.4 is 5.32 Å². The summed E-state index contributed by atoms with van der Waals surface area (Å²) in [6.45, 7) is 2.14. The number of nitrogens with one attached hydrogen (secondary N) is 1. The molecule has 0 saturated carbocycles. The van der Waals surface area contributed by atoms with Gasteiger partial charge in [-0.15, -0.1) is 0 Å². The molecule has 1 aromatic rings. The first kappa shape index (κ1) is 11.3. The molecule has 0 aliphatic heterocycles. The number of carbonyl (C=O) groups is 1. The van der Waals surface area contributed by atoms with Gasteiger partial charge in [0.05, 0.1) is 5.92 Å². The molecule has 3 nitrogen and oxygen atoms in total. The standard InChI is InChI=1S/C10H12INO2/c1-7(10(13)14)6-12-9-4-2-3-8(11)5-9/h2-5,7,12H,6H2,1H3,(H,13,14). The maximum absolute atomic E-state index is 10.5. The van der Waals surface area contributed by atoms with Crippen molar-refractivity contribution in [1.82, 2.24) is 0 Å². The SMILES string of the molecule is CC(CNc1cccc(I)c1)C(=O)O. The van der Waals surface area contributed by atoms with Crippen molar-refractivity contribution in [3.8, 4) is 0 Å². The van der Waals surface area contributed by atoms with Crippen LogP contribution in [0.25, 0.3) is 0 Å². The molecule has 0 aromatic heterocycles. The molecule has 1 rings (SSSR count). The van der Waals surface area contributed by atoms with Crippen molar-refractivity contribution in [3.63, 3.8) is 0 Å². The minimum absolute atomic E-state index is 0.368. The predicted octanol–water partition coefficient (Wildman–Crippen LogP) is 2.42. The fraction of sp³-hybridized carbons (Fsp3) is 0.300. The maximum Gasteiger partial charge on any atom is 0.308 e. The van der Waals surface area contributed by atoms with Gasteiger partial charge in [0.15, 0.2) is 0 Å². The Morgan fingerprint density at radius 1 is 1.64 bits per heavy atom. The summed E-state index contributed by atoms with van der Waals surface area (Å²) >= 11 is 2.22. The van der Waals surface area contributed by atoms with Gasteiger partial charge in [0, 0.05) is 15.8 Å². The Bertz CT molecular complexity index is 328. The lowest BCUT2D eigenvalue weighted by Crippen LogP contribution is -2.19. The number of hydrogen-bond donors (Lipinski definition) is 2. The smallest absolute Gasteiger partial charge is 0.308 e. The number of aliphatic carboxylic acids is 1. The van der Waals surface area contributed by atoms with Crippen molar-refractivity contribution in [2.75, 3.05) is 11.9 Å². The summed E-state index contributed by atoms with van der Waals surface area (Å²) in [5.74, 6) is -1.14. The highest BCUT2D eigenvalue weighted by molar-refractivity contribution is 14.1. The molecule has 1 atom stereocenters. The Hall–Kier alpha value is -0.780. The van der Waals surface area contributed by atoms with E-state index in [1.807, 2.05) is 24.3 Å². The molecule has 2 N–H and O–H groups in total. The van der Waals surface area contributed by atoms with Crippen LogP contribution in [0.2, 0.25) is 0 Å². The highest BCUT2D eigenvalue weighted by atomic mass is 127. The van der Waals surface area contributed by atoms with E-state index in [1.165, 1.54) is 0 Å². The summed E-state index contributed by atoms with van der Waals surface area (Å²) in [7, 11) is 0. The number of halogens is 1. The molecule has 0 radical (unpaired) electrons. The number of rotatable bonds is 4. The normalized spacial score (nSPS) is 12.1. The lowest BCUT2D eigenvalue weighted by molar-refractivity contribution is -0.140. The van der Waals surface area contributed by atoms with Crippen LogP contribution in [0.1, 0.15) is 6.92 Å². The van der Waals surface area contributed by atoms with E-state index in [-0.39, 0.29) is 5.92 Å². The molecule has 0 aliphatic rings. The zero-order valence-corrected chi connectivity index (χ0v) is 9.98. The Labute approximate surface area is 96.7 Å². The van der Waals surface area contributed by atoms with E-state index in [9.17, 15) is 4.79 Å². The third-order valence-electron chi connectivity index (χ3n) is 1.86. The average Bonchev–Trinajstić information content (AvgIpc) is 2.14. The zero-order valence-electron chi connectivity index (χ0n) is 7.83. The van der Waals surface area contributed by atoms with E-state index >= 15 is 0 Å². The van der Waals surface area contributed by atoms with E-state index in [4.69, 9.17) is 5.11 Å². The molecule has 0 heterocycles. The van der Waals surface area contributed by atoms with Crippen LogP contribution in [0.15, 0.2) is 24.3 Å². The Kier molecular flexibility index (Phi) is 4.19. The van der Waals surface area contributed by atoms with Crippen LogP contribution >= 0.6 is 22.6 Å². The van der Waals surface area contributed by atoms with Gasteiger partial charge in [0.1, 0.15) is 0 Å². The van der Waals surface area contributed by atoms with E-state index in [0.29, 0.717) is 6.54 Å². The van der Waals surface area contributed by atoms with Gasteiger partial charge < -0.3 is 10.4 Å². The largest absolute Gasteiger partial charge is 0.481 e. The molecular formula is C10H12INO2. The van der Waals surface area contributed by atoms with Crippen molar-refractivity contribution < 1.29 is 9.90 Å². The minimum Gasteiger partial charge on any atom is -0.481 e. The van der Waals surface area contributed by atoms with Crippen LogP contribution in [0.4, 0.5) is 5.69 Å². The summed E-state index contributed by atoms with van der Waals surface area (Å²) in [4.78, 5) is 10.5. The molecule has 1 aromatic carbocycles. The Morgan fingerprint density at radius 3 is 2.93 bits per heavy atom. The number of benzene rings is 1. The van der Waals surface area contributed by atoms with Crippen molar-refractivity contribution in [3.05, 3.63) is 27.8 Å². The first-order chi connectivity index (χ1) is 6.59. The zero-order chi connectivity index (χ0) is 10.6. The summed E-state index contributed by atoms with van der Waals surface area (Å²) in [6, 6.07) is 7.84. The summed E-state index contributed by atoms with van der Waals surface area (Å²) < 4.78 is 1.13. The van der Waals surface area contributed by atoms with E-state index in [1.54, 1.807) is 6.92 Å². The van der Waals surface area contributed by atoms with Crippen LogP contribution in [-0.2, 0) is 4.79 Å². The third kappa shape index (κ3) is 3.53. The van der Waals surface area contributed by atoms with Crippen molar-refractivity contribution in [1.29, 1.82) is 0 Å². The second-order valence-corrected chi connectivity index (χ2v) is 4.38. The molecule has 1 unspecified atom stereocenters. The molecule has 14 heavy (non-hydrogen) atoms. The van der Waals surface area contributed by atoms with Crippen LogP contribution in [0.5, 0.6) is 0 Å². The van der Waals surface area contributed by atoms with E-state index in [2.05, 4.69) is 27.9 Å². The molecule has 0 bridgehead atoms. The fourth-order valence-corrected chi connectivity index (χ4v) is 1.50. The summed E-state index contributed by atoms with van der Waals surface area (Å²) in [6.07, 6.45) is 0. The van der Waals surface area contributed by atoms with Gasteiger partial charge in [-0.3, -0.25) is 4.79 Å². The number of carboxylic acids is 1. The molecule has 0 saturated heterocycles. The molecule has 0 fully saturated rings. The second kappa shape index (κ2) is 5.19. The lowest BCUT2D eigenvalue weighted by Gasteiger charge is -2.09. The van der Waals surface area contributed by atoms with Crippen molar-refractivity contribution in [2.45, 2.75) is 6.92 Å². The predicted molar refractivity (Wildman–Crippen MR) is 64.4 cm³/mol. The number of hydrogen-bond acceptors (Lipinski definition) is 2. The number of carboxylic acid groups (broad SMARTS) is 1. The summed E-state index contributed by atoms with van der Waals surface area (Å²) in [5.41, 5.74) is 0.963. The molecule has 0 aliphatic carbocycles. The quantitative estimate of drug-likeness (QED) is 0.840. The van der Waals surface area contributed by atoms with Crippen molar-refractivity contribution in [2.24, 2.45) is 5.92 Å².